The molecule has 1 aromatic carbocycles. The van der Waals surface area contributed by atoms with Gasteiger partial charge >= 0.3 is 0 Å². The summed E-state index contributed by atoms with van der Waals surface area (Å²) >= 11 is 0. The molecule has 1 fully saturated rings. The molecule has 0 N–H and O–H groups in total. The zero-order valence-electron chi connectivity index (χ0n) is 13.0. The van der Waals surface area contributed by atoms with Gasteiger partial charge in [-0.1, -0.05) is 31.9 Å². The molecule has 0 radical (unpaired) electrons. The molecule has 114 valence electrons. The van der Waals surface area contributed by atoms with Crippen molar-refractivity contribution in [2.45, 2.75) is 52.1 Å². The monoisotopic (exact) mass is 287 g/mol. The molecule has 21 heavy (non-hydrogen) atoms. The van der Waals surface area contributed by atoms with Crippen LogP contribution in [0.5, 0.6) is 11.5 Å². The molecule has 0 saturated heterocycles. The topological polar surface area (TPSA) is 42.2 Å². The molecule has 0 amide bonds. The van der Waals surface area contributed by atoms with E-state index in [2.05, 4.69) is 13.0 Å². The maximum Gasteiger partial charge on any atom is 0.161 e. The second-order valence-electron chi connectivity index (χ2n) is 5.74. The molecule has 3 heteroatoms. The fraction of sp³-hybridized carbons (Fsp3) is 0.611. The number of hydrogen-bond acceptors (Lipinski definition) is 3. The molecule has 0 spiro atoms. The third-order valence-electron chi connectivity index (χ3n) is 4.19. The summed E-state index contributed by atoms with van der Waals surface area (Å²) in [7, 11) is 0. The highest BCUT2D eigenvalue weighted by atomic mass is 16.5. The lowest BCUT2D eigenvalue weighted by molar-refractivity contribution is 0.0840. The summed E-state index contributed by atoms with van der Waals surface area (Å²) in [4.78, 5) is 0. The molecule has 1 aliphatic rings. The van der Waals surface area contributed by atoms with Gasteiger partial charge in [0.25, 0.3) is 0 Å². The molecule has 0 aromatic heterocycles. The van der Waals surface area contributed by atoms with Crippen molar-refractivity contribution >= 4 is 0 Å². The van der Waals surface area contributed by atoms with Crippen LogP contribution in [0, 0.1) is 23.2 Å². The van der Waals surface area contributed by atoms with Crippen molar-refractivity contribution in [2.24, 2.45) is 11.8 Å². The molecule has 0 bridgehead atoms. The standard InChI is InChI=1S/C18H25NO2/c1-3-7-14-10-11-15(13-19)18(12-14)21-17-9-6-5-8-16(17)20-4-2/h5-6,8-9,14-15,18H,3-4,7,10-12H2,1-2H3. The van der Waals surface area contributed by atoms with Gasteiger partial charge in [0.05, 0.1) is 18.6 Å². The van der Waals surface area contributed by atoms with Gasteiger partial charge in [0.15, 0.2) is 11.5 Å². The fourth-order valence-corrected chi connectivity index (χ4v) is 3.15. The van der Waals surface area contributed by atoms with Crippen LogP contribution in [0.15, 0.2) is 24.3 Å². The third kappa shape index (κ3) is 4.14. The Labute approximate surface area is 127 Å². The molecular formula is C18H25NO2. The number of rotatable bonds is 6. The summed E-state index contributed by atoms with van der Waals surface area (Å²) in [6.45, 7) is 4.80. The van der Waals surface area contributed by atoms with Crippen LogP contribution in [0.4, 0.5) is 0 Å². The van der Waals surface area contributed by atoms with Gasteiger partial charge in [-0.15, -0.1) is 0 Å². The predicted molar refractivity (Wildman–Crippen MR) is 83.4 cm³/mol. The Bertz CT molecular complexity index is 480. The zero-order valence-corrected chi connectivity index (χ0v) is 13.0. The van der Waals surface area contributed by atoms with Gasteiger partial charge in [-0.2, -0.15) is 5.26 Å². The van der Waals surface area contributed by atoms with Gasteiger partial charge < -0.3 is 9.47 Å². The molecule has 1 aliphatic carbocycles. The second kappa shape index (κ2) is 7.93. The van der Waals surface area contributed by atoms with Crippen molar-refractivity contribution in [3.63, 3.8) is 0 Å². The maximum atomic E-state index is 9.37. The predicted octanol–water partition coefficient (Wildman–Crippen LogP) is 4.57. The molecule has 0 heterocycles. The van der Waals surface area contributed by atoms with Crippen molar-refractivity contribution in [3.05, 3.63) is 24.3 Å². The Kier molecular flexibility index (Phi) is 5.92. The van der Waals surface area contributed by atoms with E-state index < -0.39 is 0 Å². The maximum absolute atomic E-state index is 9.37. The second-order valence-corrected chi connectivity index (χ2v) is 5.74. The van der Waals surface area contributed by atoms with Gasteiger partial charge in [0, 0.05) is 0 Å². The van der Waals surface area contributed by atoms with Crippen LogP contribution in [0.1, 0.15) is 46.0 Å². The first kappa shape index (κ1) is 15.7. The molecule has 2 rings (SSSR count). The highest BCUT2D eigenvalue weighted by Gasteiger charge is 2.32. The number of benzene rings is 1. The van der Waals surface area contributed by atoms with Gasteiger partial charge in [0.1, 0.15) is 6.10 Å². The molecular weight excluding hydrogens is 262 g/mol. The lowest BCUT2D eigenvalue weighted by Crippen LogP contribution is -2.33. The lowest BCUT2D eigenvalue weighted by atomic mass is 9.78. The minimum Gasteiger partial charge on any atom is -0.490 e. The highest BCUT2D eigenvalue weighted by Crippen LogP contribution is 2.36. The SMILES string of the molecule is CCCC1CCC(C#N)C(Oc2ccccc2OCC)C1. The van der Waals surface area contributed by atoms with Gasteiger partial charge in [-0.25, -0.2) is 0 Å². The van der Waals surface area contributed by atoms with E-state index in [0.717, 1.165) is 30.8 Å². The van der Waals surface area contributed by atoms with E-state index in [9.17, 15) is 5.26 Å². The summed E-state index contributed by atoms with van der Waals surface area (Å²) < 4.78 is 11.8. The Morgan fingerprint density at radius 3 is 2.62 bits per heavy atom. The van der Waals surface area contributed by atoms with Crippen LogP contribution in [-0.2, 0) is 0 Å². The molecule has 3 atom stereocenters. The third-order valence-corrected chi connectivity index (χ3v) is 4.19. The van der Waals surface area contributed by atoms with E-state index in [0.29, 0.717) is 12.5 Å². The first-order valence-electron chi connectivity index (χ1n) is 8.06. The van der Waals surface area contributed by atoms with Crippen LogP contribution in [0.25, 0.3) is 0 Å². The fourth-order valence-electron chi connectivity index (χ4n) is 3.15. The Balaban J connectivity index is 2.09. The first-order chi connectivity index (χ1) is 10.3. The van der Waals surface area contributed by atoms with Crippen molar-refractivity contribution in [1.29, 1.82) is 5.26 Å². The van der Waals surface area contributed by atoms with Crippen LogP contribution < -0.4 is 9.47 Å². The highest BCUT2D eigenvalue weighted by molar-refractivity contribution is 5.39. The van der Waals surface area contributed by atoms with E-state index in [1.54, 1.807) is 0 Å². The van der Waals surface area contributed by atoms with Crippen molar-refractivity contribution in [3.8, 4) is 17.6 Å². The first-order valence-corrected chi connectivity index (χ1v) is 8.06. The van der Waals surface area contributed by atoms with Crippen molar-refractivity contribution in [2.75, 3.05) is 6.61 Å². The minimum absolute atomic E-state index is 0.00668. The minimum atomic E-state index is -0.0121. The molecule has 0 aliphatic heterocycles. The van der Waals surface area contributed by atoms with E-state index in [1.807, 2.05) is 31.2 Å². The largest absolute Gasteiger partial charge is 0.490 e. The number of para-hydroxylation sites is 2. The summed E-state index contributed by atoms with van der Waals surface area (Å²) in [5.41, 5.74) is 0. The summed E-state index contributed by atoms with van der Waals surface area (Å²) in [6, 6.07) is 10.2. The van der Waals surface area contributed by atoms with E-state index >= 15 is 0 Å². The van der Waals surface area contributed by atoms with E-state index in [-0.39, 0.29) is 12.0 Å². The van der Waals surface area contributed by atoms with E-state index in [4.69, 9.17) is 9.47 Å². The number of nitriles is 1. The summed E-state index contributed by atoms with van der Waals surface area (Å²) in [5.74, 6) is 2.22. The average molecular weight is 287 g/mol. The van der Waals surface area contributed by atoms with Crippen LogP contribution >= 0.6 is 0 Å². The average Bonchev–Trinajstić information content (AvgIpc) is 2.50. The van der Waals surface area contributed by atoms with Gasteiger partial charge in [-0.3, -0.25) is 0 Å². The lowest BCUT2D eigenvalue weighted by Gasteiger charge is -2.33. The normalized spacial score (nSPS) is 25.1. The molecule has 3 nitrogen and oxygen atoms in total. The quantitative estimate of drug-likeness (QED) is 0.769. The van der Waals surface area contributed by atoms with Crippen LogP contribution in [0.2, 0.25) is 0 Å². The number of nitrogens with zero attached hydrogens (tertiary/aromatic N) is 1. The zero-order chi connectivity index (χ0) is 15.1. The number of hydrogen-bond donors (Lipinski definition) is 0. The van der Waals surface area contributed by atoms with E-state index in [1.165, 1.54) is 12.8 Å². The van der Waals surface area contributed by atoms with Crippen molar-refractivity contribution < 1.29 is 9.47 Å². The van der Waals surface area contributed by atoms with Crippen molar-refractivity contribution in [1.82, 2.24) is 0 Å². The number of ether oxygens (including phenoxy) is 2. The Morgan fingerprint density at radius 2 is 1.95 bits per heavy atom. The Hall–Kier alpha value is -1.69. The smallest absolute Gasteiger partial charge is 0.161 e. The molecule has 1 saturated carbocycles. The molecule has 1 aromatic rings. The summed E-state index contributed by atoms with van der Waals surface area (Å²) in [6.07, 6.45) is 5.49. The van der Waals surface area contributed by atoms with Gasteiger partial charge in [0.2, 0.25) is 0 Å². The molecule has 3 unspecified atom stereocenters. The van der Waals surface area contributed by atoms with Crippen LogP contribution in [0.3, 0.4) is 0 Å². The summed E-state index contributed by atoms with van der Waals surface area (Å²) in [5, 5.41) is 9.37. The van der Waals surface area contributed by atoms with Gasteiger partial charge in [-0.05, 0) is 44.2 Å². The van der Waals surface area contributed by atoms with Crippen LogP contribution in [-0.4, -0.2) is 12.7 Å². The Morgan fingerprint density at radius 1 is 1.19 bits per heavy atom.